The molecule has 0 spiro atoms. The molecule has 1 aliphatic heterocycles. The summed E-state index contributed by atoms with van der Waals surface area (Å²) < 4.78 is 46.8. The van der Waals surface area contributed by atoms with Gasteiger partial charge in [0.25, 0.3) is 5.60 Å². The molecular formula is C16H8F3N3O2. The molecule has 120 valence electrons. The lowest BCUT2D eigenvalue weighted by molar-refractivity contribution is -0.251. The Morgan fingerprint density at radius 3 is 2.12 bits per heavy atom. The van der Waals surface area contributed by atoms with Crippen molar-refractivity contribution in [2.45, 2.75) is 11.8 Å². The highest BCUT2D eigenvalue weighted by Crippen LogP contribution is 2.55. The summed E-state index contributed by atoms with van der Waals surface area (Å²) in [5.41, 5.74) is -5.72. The molecule has 0 aromatic heterocycles. The first-order chi connectivity index (χ1) is 11.4. The average molecular weight is 331 g/mol. The molecule has 0 saturated carbocycles. The van der Waals surface area contributed by atoms with Crippen LogP contribution in [0.25, 0.3) is 0 Å². The number of benzene rings is 1. The molecule has 24 heavy (non-hydrogen) atoms. The third kappa shape index (κ3) is 2.28. The highest BCUT2D eigenvalue weighted by Gasteiger charge is 2.65. The zero-order valence-corrected chi connectivity index (χ0v) is 11.9. The average Bonchev–Trinajstić information content (AvgIpc) is 2.92. The van der Waals surface area contributed by atoms with Crippen LogP contribution in [0.2, 0.25) is 0 Å². The van der Waals surface area contributed by atoms with Gasteiger partial charge in [0.05, 0.1) is 6.61 Å². The molecule has 1 heterocycles. The van der Waals surface area contributed by atoms with Gasteiger partial charge in [-0.1, -0.05) is 30.3 Å². The standard InChI is InChI=1S/C16H8F3N3O2/c17-16(18,19)15(11-4-2-1-3-5-11)13(9-23)12(8-22)14(24-15)10(6-20)7-21/h1-5,23H,9H2. The largest absolute Gasteiger partial charge is 0.465 e. The van der Waals surface area contributed by atoms with E-state index in [1.807, 2.05) is 0 Å². The number of halogens is 3. The third-order valence-corrected chi connectivity index (χ3v) is 3.51. The quantitative estimate of drug-likeness (QED) is 0.839. The van der Waals surface area contributed by atoms with Crippen LogP contribution in [-0.2, 0) is 10.3 Å². The van der Waals surface area contributed by atoms with Gasteiger partial charge in [0.2, 0.25) is 0 Å². The van der Waals surface area contributed by atoms with Gasteiger partial charge in [0.15, 0.2) is 11.3 Å². The van der Waals surface area contributed by atoms with Crippen molar-refractivity contribution in [2.75, 3.05) is 6.61 Å². The minimum absolute atomic E-state index is 0.375. The van der Waals surface area contributed by atoms with E-state index >= 15 is 0 Å². The normalized spacial score (nSPS) is 20.0. The van der Waals surface area contributed by atoms with Gasteiger partial charge >= 0.3 is 6.18 Å². The van der Waals surface area contributed by atoms with Crippen LogP contribution in [-0.4, -0.2) is 17.9 Å². The van der Waals surface area contributed by atoms with Gasteiger partial charge in [0, 0.05) is 11.1 Å². The van der Waals surface area contributed by atoms with Gasteiger partial charge in [-0.2, -0.15) is 29.0 Å². The molecular weight excluding hydrogens is 323 g/mol. The van der Waals surface area contributed by atoms with Crippen molar-refractivity contribution in [1.29, 1.82) is 15.8 Å². The van der Waals surface area contributed by atoms with E-state index in [0.29, 0.717) is 0 Å². The number of hydrogen-bond acceptors (Lipinski definition) is 5. The highest BCUT2D eigenvalue weighted by molar-refractivity contribution is 5.60. The second-order valence-corrected chi connectivity index (χ2v) is 4.70. The summed E-state index contributed by atoms with van der Waals surface area (Å²) in [5.74, 6) is -0.785. The number of aliphatic hydroxyl groups excluding tert-OH is 1. The number of hydrogen-bond donors (Lipinski definition) is 1. The number of alkyl halides is 3. The van der Waals surface area contributed by atoms with Crippen LogP contribution in [0.4, 0.5) is 13.2 Å². The van der Waals surface area contributed by atoms with Crippen molar-refractivity contribution in [2.24, 2.45) is 0 Å². The van der Waals surface area contributed by atoms with E-state index in [4.69, 9.17) is 15.3 Å². The molecule has 0 fully saturated rings. The van der Waals surface area contributed by atoms with Gasteiger partial charge in [-0.3, -0.25) is 0 Å². The summed E-state index contributed by atoms with van der Waals surface area (Å²) in [4.78, 5) is 0. The van der Waals surface area contributed by atoms with E-state index in [2.05, 4.69) is 0 Å². The van der Waals surface area contributed by atoms with E-state index in [1.54, 1.807) is 0 Å². The molecule has 0 saturated heterocycles. The van der Waals surface area contributed by atoms with Crippen molar-refractivity contribution >= 4 is 0 Å². The van der Waals surface area contributed by atoms with Gasteiger partial charge in [0.1, 0.15) is 23.8 Å². The molecule has 1 N–H and O–H groups in total. The number of aliphatic hydroxyl groups is 1. The second kappa shape index (κ2) is 6.08. The van der Waals surface area contributed by atoms with Crippen molar-refractivity contribution in [3.05, 3.63) is 58.4 Å². The third-order valence-electron chi connectivity index (χ3n) is 3.51. The van der Waals surface area contributed by atoms with Crippen molar-refractivity contribution < 1.29 is 23.0 Å². The molecule has 1 unspecified atom stereocenters. The zero-order valence-electron chi connectivity index (χ0n) is 11.9. The second-order valence-electron chi connectivity index (χ2n) is 4.70. The van der Waals surface area contributed by atoms with Gasteiger partial charge in [-0.15, -0.1) is 0 Å². The summed E-state index contributed by atoms with van der Waals surface area (Å²) in [6, 6.07) is 10.7. The van der Waals surface area contributed by atoms with Gasteiger partial charge in [-0.25, -0.2) is 0 Å². The number of nitrogens with zero attached hydrogens (tertiary/aromatic N) is 3. The maximum absolute atomic E-state index is 13.9. The highest BCUT2D eigenvalue weighted by atomic mass is 19.4. The Labute approximate surface area is 134 Å². The van der Waals surface area contributed by atoms with E-state index < -0.39 is 40.9 Å². The van der Waals surface area contributed by atoms with Gasteiger partial charge in [-0.05, 0) is 0 Å². The van der Waals surface area contributed by atoms with Crippen molar-refractivity contribution in [3.63, 3.8) is 0 Å². The molecule has 0 aliphatic carbocycles. The summed E-state index contributed by atoms with van der Waals surface area (Å²) in [7, 11) is 0. The minimum Gasteiger partial charge on any atom is -0.465 e. The van der Waals surface area contributed by atoms with E-state index in [9.17, 15) is 23.5 Å². The Balaban J connectivity index is 2.93. The fourth-order valence-electron chi connectivity index (χ4n) is 2.49. The zero-order chi connectivity index (χ0) is 18.0. The van der Waals surface area contributed by atoms with E-state index in [0.717, 1.165) is 12.1 Å². The topological polar surface area (TPSA) is 101 Å². The first-order valence-electron chi connectivity index (χ1n) is 6.48. The smallest absolute Gasteiger partial charge is 0.436 e. The predicted molar refractivity (Wildman–Crippen MR) is 73.2 cm³/mol. The van der Waals surface area contributed by atoms with Crippen molar-refractivity contribution in [3.8, 4) is 18.2 Å². The first kappa shape index (κ1) is 17.1. The fourth-order valence-corrected chi connectivity index (χ4v) is 2.49. The Kier molecular flexibility index (Phi) is 4.33. The monoisotopic (exact) mass is 331 g/mol. The number of ether oxygens (including phenoxy) is 1. The molecule has 5 nitrogen and oxygen atoms in total. The molecule has 0 amide bonds. The Bertz CT molecular complexity index is 836. The minimum atomic E-state index is -5.05. The van der Waals surface area contributed by atoms with Crippen LogP contribution in [0.3, 0.4) is 0 Å². The molecule has 1 aromatic carbocycles. The lowest BCUT2D eigenvalue weighted by Crippen LogP contribution is -2.45. The molecule has 8 heteroatoms. The summed E-state index contributed by atoms with van der Waals surface area (Å²) >= 11 is 0. The molecule has 1 aromatic rings. The summed E-state index contributed by atoms with van der Waals surface area (Å²) in [6.45, 7) is -1.13. The fraction of sp³-hybridized carbons (Fsp3) is 0.188. The van der Waals surface area contributed by atoms with Crippen molar-refractivity contribution in [1.82, 2.24) is 0 Å². The van der Waals surface area contributed by atoms with Crippen LogP contribution in [0.1, 0.15) is 5.56 Å². The molecule has 0 radical (unpaired) electrons. The molecule has 1 aliphatic rings. The maximum Gasteiger partial charge on any atom is 0.436 e. The van der Waals surface area contributed by atoms with Crippen LogP contribution in [0.15, 0.2) is 52.8 Å². The van der Waals surface area contributed by atoms with Crippen LogP contribution < -0.4 is 0 Å². The Morgan fingerprint density at radius 2 is 1.71 bits per heavy atom. The Hall–Kier alpha value is -3.28. The SMILES string of the molecule is N#CC(C#N)=C1OC(c2ccccc2)(C(F)(F)F)C(CO)=C1C#N. The lowest BCUT2D eigenvalue weighted by atomic mass is 9.84. The summed E-state index contributed by atoms with van der Waals surface area (Å²) in [5, 5.41) is 36.5. The van der Waals surface area contributed by atoms with Crippen LogP contribution >= 0.6 is 0 Å². The maximum atomic E-state index is 13.9. The van der Waals surface area contributed by atoms with E-state index in [-0.39, 0.29) is 5.56 Å². The molecule has 0 bridgehead atoms. The molecule has 1 atom stereocenters. The molecule has 2 rings (SSSR count). The summed E-state index contributed by atoms with van der Waals surface area (Å²) in [6.07, 6.45) is -5.05. The first-order valence-corrected chi connectivity index (χ1v) is 6.48. The Morgan fingerprint density at radius 1 is 1.12 bits per heavy atom. The van der Waals surface area contributed by atoms with E-state index in [1.165, 1.54) is 36.4 Å². The van der Waals surface area contributed by atoms with Gasteiger partial charge < -0.3 is 9.84 Å². The predicted octanol–water partition coefficient (Wildman–Crippen LogP) is 2.59. The number of nitriles is 3. The lowest BCUT2D eigenvalue weighted by Gasteiger charge is -2.33. The van der Waals surface area contributed by atoms with Crippen LogP contribution in [0.5, 0.6) is 0 Å². The number of rotatable bonds is 2. The number of allylic oxidation sites excluding steroid dienone is 2. The van der Waals surface area contributed by atoms with Crippen LogP contribution in [0, 0.1) is 34.0 Å².